The summed E-state index contributed by atoms with van der Waals surface area (Å²) in [5.74, 6) is 0.0695. The van der Waals surface area contributed by atoms with Crippen LogP contribution in [0.15, 0.2) is 71.2 Å². The van der Waals surface area contributed by atoms with E-state index in [0.29, 0.717) is 28.1 Å². The van der Waals surface area contributed by atoms with Gasteiger partial charge in [-0.2, -0.15) is 0 Å². The number of hydrogen-bond donors (Lipinski definition) is 0. The fourth-order valence-electron chi connectivity index (χ4n) is 2.69. The van der Waals surface area contributed by atoms with Crippen molar-refractivity contribution in [3.8, 4) is 0 Å². The van der Waals surface area contributed by atoms with Crippen molar-refractivity contribution < 1.29 is 13.2 Å². The summed E-state index contributed by atoms with van der Waals surface area (Å²) in [7, 11) is -3.58. The van der Waals surface area contributed by atoms with Crippen LogP contribution in [0.2, 0.25) is 5.02 Å². The van der Waals surface area contributed by atoms with Gasteiger partial charge in [0.15, 0.2) is 20.8 Å². The van der Waals surface area contributed by atoms with E-state index in [9.17, 15) is 13.2 Å². The molecule has 0 amide bonds. The van der Waals surface area contributed by atoms with Gasteiger partial charge in [-0.3, -0.25) is 4.79 Å². The Balaban J connectivity index is 1.77. The Morgan fingerprint density at radius 1 is 1.13 bits per heavy atom. The second-order valence-electron chi connectivity index (χ2n) is 6.59. The van der Waals surface area contributed by atoms with Crippen molar-refractivity contribution in [1.29, 1.82) is 0 Å². The number of thioether (sulfide) groups is 1. The van der Waals surface area contributed by atoms with Crippen LogP contribution < -0.4 is 0 Å². The average Bonchev–Trinajstić information content (AvgIpc) is 3.08. The van der Waals surface area contributed by atoms with Crippen LogP contribution in [0.25, 0.3) is 0 Å². The Labute approximate surface area is 184 Å². The summed E-state index contributed by atoms with van der Waals surface area (Å²) in [4.78, 5) is 12.6. The summed E-state index contributed by atoms with van der Waals surface area (Å²) >= 11 is 7.06. The topological polar surface area (TPSA) is 81.9 Å². The molecule has 0 atom stereocenters. The smallest absolute Gasteiger partial charge is 0.191 e. The van der Waals surface area contributed by atoms with E-state index in [1.54, 1.807) is 59.2 Å². The lowest BCUT2D eigenvalue weighted by atomic mass is 10.1. The van der Waals surface area contributed by atoms with Gasteiger partial charge in [0.2, 0.25) is 0 Å². The van der Waals surface area contributed by atoms with Crippen molar-refractivity contribution >= 4 is 39.0 Å². The summed E-state index contributed by atoms with van der Waals surface area (Å²) in [5, 5.41) is 9.18. The van der Waals surface area contributed by atoms with Gasteiger partial charge in [0.05, 0.1) is 10.6 Å². The first-order valence-electron chi connectivity index (χ1n) is 9.04. The van der Waals surface area contributed by atoms with Crippen LogP contribution in [-0.2, 0) is 22.1 Å². The molecular weight excluding hydrogens is 442 g/mol. The maximum atomic E-state index is 12.8. The lowest BCUT2D eigenvalue weighted by molar-refractivity contribution is 0.102. The zero-order chi connectivity index (χ0) is 21.7. The number of aromatic nitrogens is 3. The summed E-state index contributed by atoms with van der Waals surface area (Å²) in [6.45, 7) is 5.95. The molecule has 0 aliphatic heterocycles. The van der Waals surface area contributed by atoms with E-state index in [1.165, 1.54) is 11.8 Å². The SMILES string of the molecule is C=CCn1c(CS(=O)(=O)c2ccc(C)cc2)nnc1SCC(=O)c1ccc(Cl)cc1. The van der Waals surface area contributed by atoms with Crippen molar-refractivity contribution in [3.63, 3.8) is 0 Å². The molecule has 6 nitrogen and oxygen atoms in total. The average molecular weight is 462 g/mol. The van der Waals surface area contributed by atoms with E-state index in [-0.39, 0.29) is 22.2 Å². The molecule has 1 aromatic heterocycles. The number of benzene rings is 2. The molecule has 0 radical (unpaired) electrons. The lowest BCUT2D eigenvalue weighted by Gasteiger charge is -2.09. The van der Waals surface area contributed by atoms with Gasteiger partial charge in [0.1, 0.15) is 11.6 Å². The molecular formula is C21H20ClN3O3S2. The largest absolute Gasteiger partial charge is 0.301 e. The number of sulfone groups is 1. The van der Waals surface area contributed by atoms with E-state index in [2.05, 4.69) is 16.8 Å². The number of nitrogens with zero attached hydrogens (tertiary/aromatic N) is 3. The van der Waals surface area contributed by atoms with Crippen molar-refractivity contribution in [2.75, 3.05) is 5.75 Å². The minimum atomic E-state index is -3.58. The van der Waals surface area contributed by atoms with Gasteiger partial charge in [-0.1, -0.05) is 47.1 Å². The van der Waals surface area contributed by atoms with E-state index < -0.39 is 9.84 Å². The first kappa shape index (κ1) is 22.3. The van der Waals surface area contributed by atoms with Gasteiger partial charge in [-0.05, 0) is 43.3 Å². The van der Waals surface area contributed by atoms with Crippen molar-refractivity contribution in [2.24, 2.45) is 0 Å². The Bertz CT molecular complexity index is 1160. The maximum Gasteiger partial charge on any atom is 0.191 e. The van der Waals surface area contributed by atoms with Crippen molar-refractivity contribution in [2.45, 2.75) is 29.3 Å². The molecule has 156 valence electrons. The molecule has 0 aliphatic carbocycles. The summed E-state index contributed by atoms with van der Waals surface area (Å²) < 4.78 is 27.2. The molecule has 30 heavy (non-hydrogen) atoms. The Morgan fingerprint density at radius 2 is 1.80 bits per heavy atom. The number of hydrogen-bond acceptors (Lipinski definition) is 6. The molecule has 0 saturated heterocycles. The van der Waals surface area contributed by atoms with Gasteiger partial charge in [-0.25, -0.2) is 8.42 Å². The fraction of sp³-hybridized carbons (Fsp3) is 0.190. The van der Waals surface area contributed by atoms with Crippen LogP contribution in [0.5, 0.6) is 0 Å². The van der Waals surface area contributed by atoms with Crippen molar-refractivity contribution in [3.05, 3.63) is 83.2 Å². The minimum absolute atomic E-state index is 0.0846. The van der Waals surface area contributed by atoms with Crippen LogP contribution in [0, 0.1) is 6.92 Å². The lowest BCUT2D eigenvalue weighted by Crippen LogP contribution is -2.12. The first-order valence-corrected chi connectivity index (χ1v) is 12.1. The van der Waals surface area contributed by atoms with Crippen LogP contribution in [0.3, 0.4) is 0 Å². The third-order valence-corrected chi connectivity index (χ3v) is 7.15. The van der Waals surface area contributed by atoms with E-state index in [0.717, 1.165) is 5.56 Å². The van der Waals surface area contributed by atoms with E-state index in [4.69, 9.17) is 11.6 Å². The third-order valence-electron chi connectivity index (χ3n) is 4.30. The first-order chi connectivity index (χ1) is 14.3. The highest BCUT2D eigenvalue weighted by Gasteiger charge is 2.22. The number of carbonyl (C=O) groups excluding carboxylic acids is 1. The molecule has 0 spiro atoms. The van der Waals surface area contributed by atoms with Crippen molar-refractivity contribution in [1.82, 2.24) is 14.8 Å². The molecule has 0 saturated carbocycles. The fourth-order valence-corrected chi connectivity index (χ4v) is 4.95. The second kappa shape index (κ2) is 9.59. The Kier molecular flexibility index (Phi) is 7.12. The number of carbonyl (C=O) groups is 1. The Hall–Kier alpha value is -2.42. The van der Waals surface area contributed by atoms with E-state index >= 15 is 0 Å². The number of allylic oxidation sites excluding steroid dienone is 1. The number of halogens is 1. The van der Waals surface area contributed by atoms with Crippen LogP contribution >= 0.6 is 23.4 Å². The van der Waals surface area contributed by atoms with Gasteiger partial charge >= 0.3 is 0 Å². The molecule has 2 aromatic carbocycles. The number of Topliss-reactive ketones (excluding diaryl/α,β-unsaturated/α-hetero) is 1. The molecule has 0 bridgehead atoms. The highest BCUT2D eigenvalue weighted by molar-refractivity contribution is 7.99. The van der Waals surface area contributed by atoms with E-state index in [1.807, 2.05) is 6.92 Å². The highest BCUT2D eigenvalue weighted by Crippen LogP contribution is 2.22. The molecule has 0 fully saturated rings. The monoisotopic (exact) mass is 461 g/mol. The minimum Gasteiger partial charge on any atom is -0.301 e. The molecule has 3 aromatic rings. The molecule has 1 heterocycles. The number of ketones is 1. The van der Waals surface area contributed by atoms with Gasteiger partial charge in [0, 0.05) is 17.1 Å². The summed E-state index contributed by atoms with van der Waals surface area (Å²) in [6.07, 6.45) is 1.64. The molecule has 3 rings (SSSR count). The van der Waals surface area contributed by atoms with Gasteiger partial charge < -0.3 is 4.57 Å². The van der Waals surface area contributed by atoms with Crippen LogP contribution in [0.1, 0.15) is 21.7 Å². The zero-order valence-corrected chi connectivity index (χ0v) is 18.7. The molecule has 0 unspecified atom stereocenters. The Morgan fingerprint density at radius 3 is 2.43 bits per heavy atom. The number of aryl methyl sites for hydroxylation is 1. The van der Waals surface area contributed by atoms with Gasteiger partial charge in [0.25, 0.3) is 0 Å². The summed E-state index contributed by atoms with van der Waals surface area (Å²) in [5.41, 5.74) is 1.52. The standard InChI is InChI=1S/C21H20ClN3O3S2/c1-3-12-25-20(14-30(27,28)18-10-4-15(2)5-11-18)23-24-21(25)29-13-19(26)16-6-8-17(22)9-7-16/h3-11H,1,12-14H2,2H3. The molecule has 0 N–H and O–H groups in total. The zero-order valence-electron chi connectivity index (χ0n) is 16.3. The maximum absolute atomic E-state index is 12.8. The quantitative estimate of drug-likeness (QED) is 0.267. The molecule has 9 heteroatoms. The predicted molar refractivity (Wildman–Crippen MR) is 119 cm³/mol. The highest BCUT2D eigenvalue weighted by atomic mass is 35.5. The van der Waals surface area contributed by atoms with Crippen LogP contribution in [0.4, 0.5) is 0 Å². The molecule has 0 aliphatic rings. The normalized spacial score (nSPS) is 11.4. The number of rotatable bonds is 9. The van der Waals surface area contributed by atoms with Crippen LogP contribution in [-0.4, -0.2) is 34.7 Å². The third kappa shape index (κ3) is 5.38. The second-order valence-corrected chi connectivity index (χ2v) is 9.96. The van der Waals surface area contributed by atoms with Gasteiger partial charge in [-0.15, -0.1) is 16.8 Å². The summed E-state index contributed by atoms with van der Waals surface area (Å²) in [6, 6.07) is 13.3. The predicted octanol–water partition coefficient (Wildman–Crippen LogP) is 4.37.